The Morgan fingerprint density at radius 2 is 1.64 bits per heavy atom. The van der Waals surface area contributed by atoms with Crippen molar-refractivity contribution in [2.75, 3.05) is 0 Å². The second-order valence-corrected chi connectivity index (χ2v) is 11.3. The van der Waals surface area contributed by atoms with Crippen LogP contribution in [0.25, 0.3) is 6.08 Å². The molecule has 1 aliphatic rings. The van der Waals surface area contributed by atoms with Crippen LogP contribution in [0.3, 0.4) is 0 Å². The van der Waals surface area contributed by atoms with Crippen LogP contribution >= 0.6 is 43.6 Å². The molecule has 33 heavy (non-hydrogen) atoms. The number of amidine groups is 1. The minimum absolute atomic E-state index is 0.0577. The first-order valence-electron chi connectivity index (χ1n) is 9.56. The molecule has 0 unspecified atom stereocenters. The zero-order chi connectivity index (χ0) is 23.6. The zero-order valence-corrected chi connectivity index (χ0v) is 21.9. The van der Waals surface area contributed by atoms with Gasteiger partial charge in [0.2, 0.25) is 0 Å². The Bertz CT molecular complexity index is 1360. The van der Waals surface area contributed by atoms with Gasteiger partial charge in [0.05, 0.1) is 19.5 Å². The summed E-state index contributed by atoms with van der Waals surface area (Å²) in [5.41, 5.74) is 2.36. The van der Waals surface area contributed by atoms with Gasteiger partial charge in [-0.1, -0.05) is 35.9 Å². The van der Waals surface area contributed by atoms with E-state index in [0.717, 1.165) is 11.3 Å². The van der Waals surface area contributed by atoms with E-state index in [1.807, 2.05) is 37.3 Å². The molecule has 0 atom stereocenters. The van der Waals surface area contributed by atoms with E-state index >= 15 is 0 Å². The summed E-state index contributed by atoms with van der Waals surface area (Å²) in [5, 5.41) is 3.23. The van der Waals surface area contributed by atoms with E-state index in [9.17, 15) is 13.2 Å². The third-order valence-electron chi connectivity index (χ3n) is 4.46. The van der Waals surface area contributed by atoms with Crippen LogP contribution in [0.4, 0.5) is 5.69 Å². The number of para-hydroxylation sites is 1. The number of carbonyl (C=O) groups excluding carboxylic acids is 1. The van der Waals surface area contributed by atoms with Gasteiger partial charge in [0.25, 0.3) is 5.91 Å². The Balaban J connectivity index is 1.57. The van der Waals surface area contributed by atoms with Crippen molar-refractivity contribution in [3.8, 4) is 5.75 Å². The van der Waals surface area contributed by atoms with E-state index in [1.165, 1.54) is 23.9 Å². The van der Waals surface area contributed by atoms with Crippen LogP contribution in [0.15, 0.2) is 90.5 Å². The fraction of sp³-hybridized carbons (Fsp3) is 0.0435. The average molecular weight is 608 g/mol. The van der Waals surface area contributed by atoms with Gasteiger partial charge in [-0.25, -0.2) is 4.99 Å². The molecule has 3 aromatic carbocycles. The number of nitrogens with one attached hydrogen (secondary N) is 1. The molecular weight excluding hydrogens is 592 g/mol. The third-order valence-corrected chi connectivity index (χ3v) is 7.78. The summed E-state index contributed by atoms with van der Waals surface area (Å²) < 4.78 is 31.5. The first-order chi connectivity index (χ1) is 15.7. The number of benzene rings is 3. The molecule has 4 rings (SSSR count). The predicted octanol–water partition coefficient (Wildman–Crippen LogP) is 6.18. The van der Waals surface area contributed by atoms with E-state index in [4.69, 9.17) is 4.18 Å². The van der Waals surface area contributed by atoms with Gasteiger partial charge >= 0.3 is 10.1 Å². The Kier molecular flexibility index (Phi) is 7.08. The SMILES string of the molecule is Cc1ccc(S(=O)(=O)Oc2c(Br)cc(/C=C3\SC(=Nc4ccccc4)NC3=O)cc2Br)cc1. The van der Waals surface area contributed by atoms with Crippen molar-refractivity contribution in [2.24, 2.45) is 4.99 Å². The lowest BCUT2D eigenvalue weighted by molar-refractivity contribution is -0.115. The lowest BCUT2D eigenvalue weighted by Crippen LogP contribution is -2.19. The Hall–Kier alpha value is -2.40. The summed E-state index contributed by atoms with van der Waals surface area (Å²) in [5.74, 6) is -0.142. The quantitative estimate of drug-likeness (QED) is 0.277. The van der Waals surface area contributed by atoms with Crippen LogP contribution in [-0.4, -0.2) is 19.5 Å². The molecule has 1 saturated heterocycles. The van der Waals surface area contributed by atoms with Crippen molar-refractivity contribution in [2.45, 2.75) is 11.8 Å². The molecule has 0 saturated carbocycles. The van der Waals surface area contributed by atoms with Crippen molar-refractivity contribution < 1.29 is 17.4 Å². The van der Waals surface area contributed by atoms with E-state index in [0.29, 0.717) is 24.6 Å². The maximum absolute atomic E-state index is 12.7. The number of hydrogen-bond donors (Lipinski definition) is 1. The summed E-state index contributed by atoms with van der Waals surface area (Å²) in [7, 11) is -4.02. The molecule has 1 aliphatic heterocycles. The van der Waals surface area contributed by atoms with Gasteiger partial charge < -0.3 is 9.50 Å². The molecule has 0 radical (unpaired) electrons. The average Bonchev–Trinajstić information content (AvgIpc) is 3.10. The second kappa shape index (κ2) is 9.84. The lowest BCUT2D eigenvalue weighted by Gasteiger charge is -2.11. The predicted molar refractivity (Wildman–Crippen MR) is 138 cm³/mol. The summed E-state index contributed by atoms with van der Waals surface area (Å²) in [6.07, 6.45) is 1.70. The Labute approximate surface area is 212 Å². The van der Waals surface area contributed by atoms with E-state index in [2.05, 4.69) is 42.2 Å². The fourth-order valence-electron chi connectivity index (χ4n) is 2.86. The first kappa shape index (κ1) is 23.7. The van der Waals surface area contributed by atoms with Crippen LogP contribution in [0, 0.1) is 6.92 Å². The van der Waals surface area contributed by atoms with E-state index in [-0.39, 0.29) is 16.6 Å². The topological polar surface area (TPSA) is 84.8 Å². The molecule has 10 heteroatoms. The van der Waals surface area contributed by atoms with Crippen LogP contribution in [0.1, 0.15) is 11.1 Å². The van der Waals surface area contributed by atoms with Crippen molar-refractivity contribution in [1.82, 2.24) is 5.32 Å². The Morgan fingerprint density at radius 3 is 2.27 bits per heavy atom. The van der Waals surface area contributed by atoms with E-state index in [1.54, 1.807) is 30.3 Å². The number of aliphatic imine (C=N–C) groups is 1. The number of halogens is 2. The number of amides is 1. The molecule has 3 aromatic rings. The fourth-order valence-corrected chi connectivity index (χ4v) is 6.26. The lowest BCUT2D eigenvalue weighted by atomic mass is 10.2. The molecule has 1 fully saturated rings. The third kappa shape index (κ3) is 5.75. The Morgan fingerprint density at radius 1 is 1.00 bits per heavy atom. The highest BCUT2D eigenvalue weighted by Gasteiger charge is 2.25. The molecule has 0 aromatic heterocycles. The number of rotatable bonds is 5. The summed E-state index contributed by atoms with van der Waals surface area (Å²) in [6.45, 7) is 1.87. The molecule has 0 bridgehead atoms. The van der Waals surface area contributed by atoms with Crippen molar-refractivity contribution in [3.63, 3.8) is 0 Å². The minimum atomic E-state index is -4.02. The van der Waals surface area contributed by atoms with Gasteiger partial charge in [0.1, 0.15) is 4.90 Å². The highest BCUT2D eigenvalue weighted by Crippen LogP contribution is 2.38. The van der Waals surface area contributed by atoms with Gasteiger partial charge in [-0.3, -0.25) is 4.79 Å². The highest BCUT2D eigenvalue weighted by atomic mass is 79.9. The standard InChI is InChI=1S/C23H16Br2N2O4S2/c1-14-7-9-17(10-8-14)33(29,30)31-21-18(24)11-15(12-19(21)25)13-20-22(28)27-23(32-20)26-16-5-3-2-4-6-16/h2-13H,1H3,(H,26,27,28)/b20-13-. The highest BCUT2D eigenvalue weighted by molar-refractivity contribution is 9.11. The first-order valence-corrected chi connectivity index (χ1v) is 13.4. The van der Waals surface area contributed by atoms with Gasteiger partial charge in [0, 0.05) is 0 Å². The zero-order valence-electron chi connectivity index (χ0n) is 17.1. The molecule has 1 amide bonds. The molecule has 1 heterocycles. The largest absolute Gasteiger partial charge is 0.377 e. The van der Waals surface area contributed by atoms with Crippen LogP contribution in [-0.2, 0) is 14.9 Å². The normalized spacial score (nSPS) is 16.3. The summed E-state index contributed by atoms with van der Waals surface area (Å²) >= 11 is 7.98. The maximum atomic E-state index is 12.7. The number of hydrogen-bond acceptors (Lipinski definition) is 6. The van der Waals surface area contributed by atoms with Gasteiger partial charge in [-0.15, -0.1) is 0 Å². The van der Waals surface area contributed by atoms with Crippen molar-refractivity contribution in [3.05, 3.63) is 91.7 Å². The van der Waals surface area contributed by atoms with Crippen LogP contribution < -0.4 is 9.50 Å². The molecule has 1 N–H and O–H groups in total. The van der Waals surface area contributed by atoms with Crippen molar-refractivity contribution >= 4 is 76.6 Å². The van der Waals surface area contributed by atoms with Crippen LogP contribution in [0.5, 0.6) is 5.75 Å². The molecule has 0 spiro atoms. The minimum Gasteiger partial charge on any atom is -0.377 e. The molecule has 6 nitrogen and oxygen atoms in total. The smallest absolute Gasteiger partial charge is 0.339 e. The van der Waals surface area contributed by atoms with Gasteiger partial charge in [-0.2, -0.15) is 8.42 Å². The number of nitrogens with zero attached hydrogens (tertiary/aromatic N) is 1. The summed E-state index contributed by atoms with van der Waals surface area (Å²) in [4.78, 5) is 17.3. The van der Waals surface area contributed by atoms with Crippen molar-refractivity contribution in [1.29, 1.82) is 0 Å². The monoisotopic (exact) mass is 606 g/mol. The molecule has 0 aliphatic carbocycles. The summed E-state index contributed by atoms with van der Waals surface area (Å²) in [6, 6.07) is 19.1. The number of thioether (sulfide) groups is 1. The maximum Gasteiger partial charge on any atom is 0.339 e. The number of carbonyl (C=O) groups is 1. The van der Waals surface area contributed by atoms with Gasteiger partial charge in [-0.05, 0) is 98.6 Å². The molecule has 168 valence electrons. The van der Waals surface area contributed by atoms with Crippen LogP contribution in [0.2, 0.25) is 0 Å². The number of aryl methyl sites for hydroxylation is 1. The molecular formula is C23H16Br2N2O4S2. The second-order valence-electron chi connectivity index (χ2n) is 6.98. The van der Waals surface area contributed by atoms with E-state index < -0.39 is 10.1 Å². The van der Waals surface area contributed by atoms with Gasteiger partial charge in [0.15, 0.2) is 10.9 Å².